The van der Waals surface area contributed by atoms with Gasteiger partial charge < -0.3 is 13.4 Å². The van der Waals surface area contributed by atoms with Gasteiger partial charge in [0.05, 0.1) is 17.6 Å². The quantitative estimate of drug-likeness (QED) is 0.126. The zero-order chi connectivity index (χ0) is 38.6. The van der Waals surface area contributed by atoms with E-state index in [1.54, 1.807) is 0 Å². The number of rotatable bonds is 6. The second-order valence-corrected chi connectivity index (χ2v) is 14.4. The van der Waals surface area contributed by atoms with Crippen LogP contribution in [0.5, 0.6) is 0 Å². The molecule has 11 aromatic rings. The highest BCUT2D eigenvalue weighted by molar-refractivity contribution is 6.21. The molecule has 274 valence electrons. The zero-order valence-corrected chi connectivity index (χ0v) is 31.3. The minimum absolute atomic E-state index is 0.387. The summed E-state index contributed by atoms with van der Waals surface area (Å²) in [6.45, 7) is 4.27. The van der Waals surface area contributed by atoms with E-state index in [0.29, 0.717) is 18.2 Å². The van der Waals surface area contributed by atoms with Crippen LogP contribution < -0.4 is 0 Å². The molecule has 11 rings (SSSR count). The Morgan fingerprint density at radius 3 is 1.97 bits per heavy atom. The topological polar surface area (TPSA) is 68.3 Å². The molecule has 58 heavy (non-hydrogen) atoms. The predicted molar refractivity (Wildman–Crippen MR) is 240 cm³/mol. The fourth-order valence-electron chi connectivity index (χ4n) is 8.31. The summed E-state index contributed by atoms with van der Waals surface area (Å²) in [4.78, 5) is 14.7. The van der Waals surface area contributed by atoms with Gasteiger partial charge in [0.15, 0.2) is 11.7 Å². The normalized spacial score (nSPS) is 12.5. The average Bonchev–Trinajstić information content (AvgIpc) is 3.96. The summed E-state index contributed by atoms with van der Waals surface area (Å²) in [6, 6.07) is 62.6. The molecule has 0 atom stereocenters. The summed E-state index contributed by atoms with van der Waals surface area (Å²) in [5.74, 6) is 1.05. The molecule has 0 radical (unpaired) electrons. The Morgan fingerprint density at radius 1 is 0.483 bits per heavy atom. The van der Waals surface area contributed by atoms with Crippen LogP contribution in [0.1, 0.15) is 16.7 Å². The monoisotopic (exact) mass is 746 g/mol. The molecule has 0 amide bonds. The lowest BCUT2D eigenvalue weighted by molar-refractivity contribution is 0.668. The van der Waals surface area contributed by atoms with Crippen LogP contribution in [0, 0.1) is 0 Å². The van der Waals surface area contributed by atoms with Gasteiger partial charge in [0.25, 0.3) is 0 Å². The Hall–Kier alpha value is -7.83. The van der Waals surface area contributed by atoms with E-state index in [-0.39, 0.29) is 0 Å². The molecule has 0 spiro atoms. The van der Waals surface area contributed by atoms with Crippen molar-refractivity contribution in [2.24, 2.45) is 15.0 Å². The van der Waals surface area contributed by atoms with E-state index in [9.17, 15) is 0 Å². The average molecular weight is 747 g/mol. The van der Waals surface area contributed by atoms with Crippen LogP contribution in [0.25, 0.3) is 82.5 Å². The number of aliphatic imine (C=N–C) groups is 3. The van der Waals surface area contributed by atoms with E-state index in [1.165, 1.54) is 10.8 Å². The third-order valence-corrected chi connectivity index (χ3v) is 11.0. The molecular formula is C52H34N4O2. The number of furan rings is 2. The van der Waals surface area contributed by atoms with E-state index in [1.807, 2.05) is 72.8 Å². The highest BCUT2D eigenvalue weighted by atomic mass is 16.3. The lowest BCUT2D eigenvalue weighted by atomic mass is 10.0. The smallest absolute Gasteiger partial charge is 0.161 e. The number of para-hydroxylation sites is 3. The molecule has 3 aromatic heterocycles. The second-order valence-electron chi connectivity index (χ2n) is 14.4. The van der Waals surface area contributed by atoms with Crippen molar-refractivity contribution < 1.29 is 8.83 Å². The molecule has 6 heteroatoms. The molecule has 0 fully saturated rings. The highest BCUT2D eigenvalue weighted by Gasteiger charge is 2.18. The fraction of sp³-hybridized carbons (Fsp3) is 0.0192. The van der Waals surface area contributed by atoms with Gasteiger partial charge in [-0.15, -0.1) is 0 Å². The maximum atomic E-state index is 6.27. The van der Waals surface area contributed by atoms with Gasteiger partial charge in [-0.05, 0) is 78.0 Å². The summed E-state index contributed by atoms with van der Waals surface area (Å²) >= 11 is 0. The first-order valence-electron chi connectivity index (χ1n) is 19.3. The van der Waals surface area contributed by atoms with Gasteiger partial charge in [0.1, 0.15) is 22.3 Å². The van der Waals surface area contributed by atoms with Crippen molar-refractivity contribution in [3.8, 4) is 16.8 Å². The van der Waals surface area contributed by atoms with Crippen LogP contribution in [-0.4, -0.2) is 23.0 Å². The maximum Gasteiger partial charge on any atom is 0.161 e. The number of nitrogens with zero attached hydrogens (tertiary/aromatic N) is 4. The van der Waals surface area contributed by atoms with Crippen molar-refractivity contribution in [2.75, 3.05) is 0 Å². The van der Waals surface area contributed by atoms with E-state index in [4.69, 9.17) is 18.8 Å². The van der Waals surface area contributed by atoms with Gasteiger partial charge >= 0.3 is 0 Å². The first-order valence-corrected chi connectivity index (χ1v) is 19.3. The maximum absolute atomic E-state index is 6.27. The van der Waals surface area contributed by atoms with Gasteiger partial charge in [-0.2, -0.15) is 0 Å². The van der Waals surface area contributed by atoms with Gasteiger partial charge in [-0.1, -0.05) is 127 Å². The number of benzene rings is 8. The molecule has 0 N–H and O–H groups in total. The van der Waals surface area contributed by atoms with Crippen molar-refractivity contribution >= 4 is 84.1 Å². The molecule has 6 nitrogen and oxygen atoms in total. The molecule has 0 aliphatic heterocycles. The van der Waals surface area contributed by atoms with Crippen LogP contribution in [0.15, 0.2) is 206 Å². The molecule has 0 aliphatic rings. The first kappa shape index (κ1) is 33.5. The van der Waals surface area contributed by atoms with Gasteiger partial charge in [-0.3, -0.25) is 4.99 Å². The molecule has 0 saturated heterocycles. The molecule has 0 unspecified atom stereocenters. The molecule has 0 aliphatic carbocycles. The van der Waals surface area contributed by atoms with Gasteiger partial charge in [0, 0.05) is 49.1 Å². The third-order valence-electron chi connectivity index (χ3n) is 11.0. The van der Waals surface area contributed by atoms with Crippen molar-refractivity contribution in [1.29, 1.82) is 0 Å². The molecule has 3 heterocycles. The van der Waals surface area contributed by atoms with Gasteiger partial charge in [0.2, 0.25) is 0 Å². The molecule has 0 bridgehead atoms. The van der Waals surface area contributed by atoms with Crippen molar-refractivity contribution in [1.82, 2.24) is 4.57 Å². The Bertz CT molecular complexity index is 3460. The summed E-state index contributed by atoms with van der Waals surface area (Å²) in [7, 11) is 0. The Kier molecular flexibility index (Phi) is 7.93. The summed E-state index contributed by atoms with van der Waals surface area (Å²) in [5, 5.41) is 6.61. The van der Waals surface area contributed by atoms with Crippen molar-refractivity contribution in [3.05, 3.63) is 199 Å². The Balaban J connectivity index is 1.03. The number of aromatic nitrogens is 1. The van der Waals surface area contributed by atoms with Crippen LogP contribution in [0.4, 0.5) is 0 Å². The molecular weight excluding hydrogens is 713 g/mol. The van der Waals surface area contributed by atoms with E-state index >= 15 is 0 Å². The third kappa shape index (κ3) is 5.61. The van der Waals surface area contributed by atoms with E-state index in [0.717, 1.165) is 88.4 Å². The SMILES string of the molecule is C=N/C(=N\C(=N/Cc1cccc(-n2c3ccccc3c3ccc(-c4ccc5c(c4)oc4ccccc45)cc32)c1)c1cccc2oc3ccccc3c12)c1ccccc1. The Morgan fingerprint density at radius 2 is 1.12 bits per heavy atom. The zero-order valence-electron chi connectivity index (χ0n) is 31.3. The number of fused-ring (bicyclic) bond motifs is 9. The highest BCUT2D eigenvalue weighted by Crippen LogP contribution is 2.37. The van der Waals surface area contributed by atoms with E-state index < -0.39 is 0 Å². The van der Waals surface area contributed by atoms with Crippen molar-refractivity contribution in [3.63, 3.8) is 0 Å². The summed E-state index contributed by atoms with van der Waals surface area (Å²) in [5.41, 5.74) is 11.7. The number of amidine groups is 2. The van der Waals surface area contributed by atoms with E-state index in [2.05, 4.69) is 125 Å². The summed E-state index contributed by atoms with van der Waals surface area (Å²) in [6.07, 6.45) is 0. The molecule has 8 aromatic carbocycles. The standard InChI is InChI=1S/C52H34N4O2/c1-53-51(34-14-3-2-4-15-34)55-52(43-20-12-24-48-50(43)42-19-7-10-23-47(42)57-48)54-32-33-13-11-16-37(29-33)56-44-21-8-5-17-38(44)39-27-25-35(30-45(39)56)36-26-28-41-40-18-6-9-22-46(40)58-49(41)31-36/h2-31H,1,32H2/b54-52-,55-51-. The summed E-state index contributed by atoms with van der Waals surface area (Å²) < 4.78 is 14.9. The van der Waals surface area contributed by atoms with Crippen molar-refractivity contribution in [2.45, 2.75) is 6.54 Å². The minimum Gasteiger partial charge on any atom is -0.456 e. The van der Waals surface area contributed by atoms with Crippen LogP contribution >= 0.6 is 0 Å². The van der Waals surface area contributed by atoms with Crippen LogP contribution in [-0.2, 0) is 6.54 Å². The minimum atomic E-state index is 0.387. The Labute approximate surface area is 333 Å². The van der Waals surface area contributed by atoms with Crippen LogP contribution in [0.3, 0.4) is 0 Å². The fourth-order valence-corrected chi connectivity index (χ4v) is 8.31. The number of hydrogen-bond donors (Lipinski definition) is 0. The largest absolute Gasteiger partial charge is 0.456 e. The second kappa shape index (κ2) is 13.7. The van der Waals surface area contributed by atoms with Crippen LogP contribution in [0.2, 0.25) is 0 Å². The predicted octanol–water partition coefficient (Wildman–Crippen LogP) is 13.3. The molecule has 0 saturated carbocycles. The van der Waals surface area contributed by atoms with Gasteiger partial charge in [-0.25, -0.2) is 9.98 Å². The first-order chi connectivity index (χ1) is 28.7. The lowest BCUT2D eigenvalue weighted by Crippen LogP contribution is -2.06. The lowest BCUT2D eigenvalue weighted by Gasteiger charge is -2.11. The number of hydrogen-bond acceptors (Lipinski definition) is 3.